The summed E-state index contributed by atoms with van der Waals surface area (Å²) >= 11 is 0. The van der Waals surface area contributed by atoms with Crippen LogP contribution in [0.1, 0.15) is 52.9 Å². The number of hydrogen-bond acceptors (Lipinski definition) is 3. The Kier molecular flexibility index (Phi) is 6.56. The lowest BCUT2D eigenvalue weighted by Gasteiger charge is -2.09. The van der Waals surface area contributed by atoms with Crippen molar-refractivity contribution in [1.82, 2.24) is 4.98 Å². The summed E-state index contributed by atoms with van der Waals surface area (Å²) in [5, 5.41) is 0. The van der Waals surface area contributed by atoms with E-state index in [0.717, 1.165) is 11.4 Å². The summed E-state index contributed by atoms with van der Waals surface area (Å²) in [5.74, 6) is 1.09. The van der Waals surface area contributed by atoms with E-state index in [9.17, 15) is 0 Å². The molecule has 0 aliphatic heterocycles. The molecule has 2 atom stereocenters. The molecule has 3 heteroatoms. The minimum Gasteiger partial charge on any atom is -0.288 e. The molecule has 2 unspecified atom stereocenters. The van der Waals surface area contributed by atoms with Gasteiger partial charge in [0.1, 0.15) is 0 Å². The SMILES string of the molecule is CC(C)C(C)N=Cc1cccc(C=NC(C)C(C)C)n1. The zero-order valence-corrected chi connectivity index (χ0v) is 13.5. The Morgan fingerprint density at radius 2 is 1.20 bits per heavy atom. The molecule has 0 saturated carbocycles. The lowest BCUT2D eigenvalue weighted by molar-refractivity contribution is 0.532. The predicted molar refractivity (Wildman–Crippen MR) is 88.0 cm³/mol. The van der Waals surface area contributed by atoms with Gasteiger partial charge in [0.2, 0.25) is 0 Å². The maximum absolute atomic E-state index is 4.54. The van der Waals surface area contributed by atoms with Gasteiger partial charge in [-0.25, -0.2) is 4.98 Å². The average molecular weight is 273 g/mol. The van der Waals surface area contributed by atoms with Gasteiger partial charge in [-0.2, -0.15) is 0 Å². The van der Waals surface area contributed by atoms with Crippen molar-refractivity contribution in [1.29, 1.82) is 0 Å². The summed E-state index contributed by atoms with van der Waals surface area (Å²) in [7, 11) is 0. The van der Waals surface area contributed by atoms with Crippen LogP contribution < -0.4 is 0 Å². The second-order valence-electron chi connectivity index (χ2n) is 6.01. The molecule has 0 aliphatic carbocycles. The number of aliphatic imine (C=N–C) groups is 2. The van der Waals surface area contributed by atoms with E-state index in [1.165, 1.54) is 0 Å². The Morgan fingerprint density at radius 1 is 0.800 bits per heavy atom. The third-order valence-electron chi connectivity index (χ3n) is 3.61. The van der Waals surface area contributed by atoms with Crippen molar-refractivity contribution in [3.05, 3.63) is 29.6 Å². The van der Waals surface area contributed by atoms with Gasteiger partial charge in [0.15, 0.2) is 0 Å². The molecule has 3 nitrogen and oxygen atoms in total. The first-order chi connectivity index (χ1) is 9.40. The Hall–Kier alpha value is -1.51. The number of rotatable bonds is 6. The van der Waals surface area contributed by atoms with Gasteiger partial charge in [0.25, 0.3) is 0 Å². The van der Waals surface area contributed by atoms with E-state index < -0.39 is 0 Å². The van der Waals surface area contributed by atoms with Gasteiger partial charge in [-0.15, -0.1) is 0 Å². The van der Waals surface area contributed by atoms with Gasteiger partial charge >= 0.3 is 0 Å². The number of pyridine rings is 1. The van der Waals surface area contributed by atoms with Crippen molar-refractivity contribution in [3.8, 4) is 0 Å². The summed E-state index contributed by atoms with van der Waals surface area (Å²) in [6.07, 6.45) is 3.71. The largest absolute Gasteiger partial charge is 0.288 e. The zero-order valence-electron chi connectivity index (χ0n) is 13.5. The highest BCUT2D eigenvalue weighted by atomic mass is 14.8. The molecular formula is C17H27N3. The summed E-state index contributed by atoms with van der Waals surface area (Å²) in [4.78, 5) is 13.6. The monoisotopic (exact) mass is 273 g/mol. The first kappa shape index (κ1) is 16.5. The van der Waals surface area contributed by atoms with E-state index >= 15 is 0 Å². The van der Waals surface area contributed by atoms with Crippen molar-refractivity contribution in [3.63, 3.8) is 0 Å². The summed E-state index contributed by atoms with van der Waals surface area (Å²) < 4.78 is 0. The minimum absolute atomic E-state index is 0.315. The normalized spacial score (nSPS) is 15.6. The van der Waals surface area contributed by atoms with Crippen molar-refractivity contribution in [2.45, 2.75) is 53.6 Å². The van der Waals surface area contributed by atoms with Crippen LogP contribution in [0.15, 0.2) is 28.2 Å². The third kappa shape index (κ3) is 5.64. The molecule has 0 aromatic carbocycles. The van der Waals surface area contributed by atoms with E-state index in [-0.39, 0.29) is 0 Å². The maximum atomic E-state index is 4.54. The quantitative estimate of drug-likeness (QED) is 0.722. The average Bonchev–Trinajstić information content (AvgIpc) is 2.42. The van der Waals surface area contributed by atoms with Crippen LogP contribution in [0.2, 0.25) is 0 Å². The predicted octanol–water partition coefficient (Wildman–Crippen LogP) is 4.01. The highest BCUT2D eigenvalue weighted by molar-refractivity contribution is 5.81. The maximum Gasteiger partial charge on any atom is 0.0815 e. The molecule has 1 aromatic rings. The van der Waals surface area contributed by atoms with E-state index in [0.29, 0.717) is 23.9 Å². The lowest BCUT2D eigenvalue weighted by Crippen LogP contribution is -2.08. The van der Waals surface area contributed by atoms with Gasteiger partial charge < -0.3 is 0 Å². The number of nitrogens with zero attached hydrogens (tertiary/aromatic N) is 3. The van der Waals surface area contributed by atoms with Crippen molar-refractivity contribution < 1.29 is 0 Å². The van der Waals surface area contributed by atoms with Crippen LogP contribution in [0.4, 0.5) is 0 Å². The van der Waals surface area contributed by atoms with Crippen LogP contribution in [0.5, 0.6) is 0 Å². The molecule has 0 radical (unpaired) electrons. The first-order valence-corrected chi connectivity index (χ1v) is 7.43. The second-order valence-corrected chi connectivity index (χ2v) is 6.01. The fourth-order valence-electron chi connectivity index (χ4n) is 1.34. The van der Waals surface area contributed by atoms with E-state index in [1.54, 1.807) is 0 Å². The molecule has 20 heavy (non-hydrogen) atoms. The van der Waals surface area contributed by atoms with Crippen LogP contribution in [0.3, 0.4) is 0 Å². The molecule has 1 aromatic heterocycles. The molecule has 110 valence electrons. The summed E-state index contributed by atoms with van der Waals surface area (Å²) in [6, 6.07) is 6.57. The second kappa shape index (κ2) is 7.93. The molecule has 0 fully saturated rings. The van der Waals surface area contributed by atoms with Crippen LogP contribution in [-0.4, -0.2) is 29.5 Å². The molecular weight excluding hydrogens is 246 g/mol. The van der Waals surface area contributed by atoms with Crippen molar-refractivity contribution in [2.75, 3.05) is 0 Å². The lowest BCUT2D eigenvalue weighted by atomic mass is 10.1. The van der Waals surface area contributed by atoms with Gasteiger partial charge in [0.05, 0.1) is 11.4 Å². The van der Waals surface area contributed by atoms with Crippen LogP contribution in [0, 0.1) is 11.8 Å². The van der Waals surface area contributed by atoms with Crippen molar-refractivity contribution in [2.24, 2.45) is 21.8 Å². The molecule has 0 saturated heterocycles. The molecule has 1 heterocycles. The first-order valence-electron chi connectivity index (χ1n) is 7.43. The van der Waals surface area contributed by atoms with Crippen LogP contribution >= 0.6 is 0 Å². The fourth-order valence-corrected chi connectivity index (χ4v) is 1.34. The Bertz CT molecular complexity index is 422. The van der Waals surface area contributed by atoms with Crippen molar-refractivity contribution >= 4 is 12.4 Å². The van der Waals surface area contributed by atoms with Gasteiger partial charge in [-0.1, -0.05) is 33.8 Å². The third-order valence-corrected chi connectivity index (χ3v) is 3.61. The molecule has 0 spiro atoms. The fraction of sp³-hybridized carbons (Fsp3) is 0.588. The molecule has 0 N–H and O–H groups in total. The Morgan fingerprint density at radius 3 is 1.55 bits per heavy atom. The van der Waals surface area contributed by atoms with E-state index in [2.05, 4.69) is 56.5 Å². The van der Waals surface area contributed by atoms with Gasteiger partial charge in [-0.05, 0) is 37.8 Å². The topological polar surface area (TPSA) is 37.6 Å². The highest BCUT2D eigenvalue weighted by Crippen LogP contribution is 2.06. The van der Waals surface area contributed by atoms with E-state index in [4.69, 9.17) is 0 Å². The smallest absolute Gasteiger partial charge is 0.0815 e. The standard InChI is InChI=1S/C17H27N3/c1-12(2)14(5)18-10-16-8-7-9-17(20-16)11-19-15(6)13(3)4/h7-15H,1-6H3. The van der Waals surface area contributed by atoms with Crippen LogP contribution in [0.25, 0.3) is 0 Å². The van der Waals surface area contributed by atoms with E-state index in [1.807, 2.05) is 30.6 Å². The van der Waals surface area contributed by atoms with Gasteiger partial charge in [-0.3, -0.25) is 9.98 Å². The Balaban J connectivity index is 2.76. The van der Waals surface area contributed by atoms with Crippen LogP contribution in [-0.2, 0) is 0 Å². The molecule has 0 amide bonds. The highest BCUT2D eigenvalue weighted by Gasteiger charge is 2.04. The summed E-state index contributed by atoms with van der Waals surface area (Å²) in [6.45, 7) is 12.9. The molecule has 0 aliphatic rings. The number of hydrogen-bond donors (Lipinski definition) is 0. The number of aromatic nitrogens is 1. The minimum atomic E-state index is 0.315. The Labute approximate surface area is 123 Å². The molecule has 1 rings (SSSR count). The van der Waals surface area contributed by atoms with Gasteiger partial charge in [0, 0.05) is 24.5 Å². The zero-order chi connectivity index (χ0) is 15.1. The summed E-state index contributed by atoms with van der Waals surface area (Å²) in [5.41, 5.74) is 1.78. The molecule has 0 bridgehead atoms.